The number of Topliss-reactive ketones (excluding diaryl/α,β-unsaturated/α-hetero) is 1. The molecule has 1 aromatic carbocycles. The van der Waals surface area contributed by atoms with Crippen molar-refractivity contribution in [1.29, 1.82) is 0 Å². The molecule has 0 spiro atoms. The molecular formula is C16H17NO. The van der Waals surface area contributed by atoms with Crippen LogP contribution in [0.4, 0.5) is 0 Å². The molecule has 0 aliphatic heterocycles. The molecule has 0 aliphatic rings. The lowest BCUT2D eigenvalue weighted by molar-refractivity contribution is 0.0992. The van der Waals surface area contributed by atoms with E-state index in [1.165, 1.54) is 5.56 Å². The Balaban J connectivity index is 2.19. The molecular weight excluding hydrogens is 222 g/mol. The van der Waals surface area contributed by atoms with E-state index < -0.39 is 0 Å². The molecule has 0 unspecified atom stereocenters. The fraction of sp³-hybridized carbons (Fsp3) is 0.250. The number of aromatic nitrogens is 1. The summed E-state index contributed by atoms with van der Waals surface area (Å²) in [7, 11) is 0. The Morgan fingerprint density at radius 3 is 2.28 bits per heavy atom. The predicted octanol–water partition coefficient (Wildman–Crippen LogP) is 3.43. The van der Waals surface area contributed by atoms with E-state index in [0.29, 0.717) is 6.42 Å². The molecule has 0 bridgehead atoms. The lowest BCUT2D eigenvalue weighted by Gasteiger charge is -2.05. The Bertz CT molecular complexity index is 570. The van der Waals surface area contributed by atoms with Crippen LogP contribution in [-0.4, -0.2) is 10.8 Å². The minimum absolute atomic E-state index is 0.129. The summed E-state index contributed by atoms with van der Waals surface area (Å²) < 4.78 is 0. The van der Waals surface area contributed by atoms with Gasteiger partial charge < -0.3 is 0 Å². The Morgan fingerprint density at radius 1 is 1.00 bits per heavy atom. The number of hydrogen-bond donors (Lipinski definition) is 0. The third-order valence-electron chi connectivity index (χ3n) is 3.01. The van der Waals surface area contributed by atoms with E-state index in [1.54, 1.807) is 0 Å². The highest BCUT2D eigenvalue weighted by molar-refractivity contribution is 5.98. The van der Waals surface area contributed by atoms with E-state index in [0.717, 1.165) is 22.5 Å². The van der Waals surface area contributed by atoms with Crippen molar-refractivity contribution in [3.63, 3.8) is 0 Å². The number of benzene rings is 1. The molecule has 0 radical (unpaired) electrons. The standard InChI is InChI=1S/C16H17NO/c1-11-4-7-14(8-5-11)10-16(18)15-9-6-12(2)17-13(15)3/h4-9H,10H2,1-3H3. The first-order chi connectivity index (χ1) is 8.56. The molecule has 0 saturated carbocycles. The van der Waals surface area contributed by atoms with Gasteiger partial charge in [0.2, 0.25) is 0 Å². The molecule has 0 amide bonds. The molecule has 2 heteroatoms. The quantitative estimate of drug-likeness (QED) is 0.768. The van der Waals surface area contributed by atoms with Crippen LogP contribution in [0.2, 0.25) is 0 Å². The first kappa shape index (κ1) is 12.5. The lowest BCUT2D eigenvalue weighted by atomic mass is 10.0. The average Bonchev–Trinajstić information content (AvgIpc) is 2.32. The van der Waals surface area contributed by atoms with Crippen LogP contribution in [0.25, 0.3) is 0 Å². The molecule has 0 saturated heterocycles. The fourth-order valence-electron chi connectivity index (χ4n) is 1.97. The maximum Gasteiger partial charge on any atom is 0.169 e. The summed E-state index contributed by atoms with van der Waals surface area (Å²) in [6.07, 6.45) is 0.436. The highest BCUT2D eigenvalue weighted by atomic mass is 16.1. The molecule has 2 rings (SSSR count). The first-order valence-electron chi connectivity index (χ1n) is 6.09. The molecule has 1 aromatic heterocycles. The van der Waals surface area contributed by atoms with E-state index in [2.05, 4.69) is 4.98 Å². The number of carbonyl (C=O) groups excluding carboxylic acids is 1. The maximum absolute atomic E-state index is 12.2. The number of hydrogen-bond acceptors (Lipinski definition) is 2. The topological polar surface area (TPSA) is 30.0 Å². The van der Waals surface area contributed by atoms with Gasteiger partial charge in [-0.15, -0.1) is 0 Å². The fourth-order valence-corrected chi connectivity index (χ4v) is 1.97. The summed E-state index contributed by atoms with van der Waals surface area (Å²) >= 11 is 0. The van der Waals surface area contributed by atoms with Crippen molar-refractivity contribution in [2.75, 3.05) is 0 Å². The van der Waals surface area contributed by atoms with Crippen LogP contribution in [0.1, 0.15) is 32.9 Å². The molecule has 1 heterocycles. The molecule has 0 N–H and O–H groups in total. The van der Waals surface area contributed by atoms with Gasteiger partial charge in [0.25, 0.3) is 0 Å². The SMILES string of the molecule is Cc1ccc(CC(=O)c2ccc(C)nc2C)cc1. The second-order valence-corrected chi connectivity index (χ2v) is 4.67. The summed E-state index contributed by atoms with van der Waals surface area (Å²) in [5.41, 5.74) is 4.73. The summed E-state index contributed by atoms with van der Waals surface area (Å²) in [6, 6.07) is 11.8. The highest BCUT2D eigenvalue weighted by Crippen LogP contribution is 2.12. The van der Waals surface area contributed by atoms with E-state index in [4.69, 9.17) is 0 Å². The van der Waals surface area contributed by atoms with Crippen molar-refractivity contribution in [2.24, 2.45) is 0 Å². The first-order valence-corrected chi connectivity index (χ1v) is 6.09. The van der Waals surface area contributed by atoms with Crippen LogP contribution in [-0.2, 0) is 6.42 Å². The van der Waals surface area contributed by atoms with Gasteiger partial charge in [-0.25, -0.2) is 0 Å². The van der Waals surface area contributed by atoms with Crippen LogP contribution in [0.3, 0.4) is 0 Å². The predicted molar refractivity (Wildman–Crippen MR) is 72.9 cm³/mol. The van der Waals surface area contributed by atoms with Gasteiger partial charge in [-0.2, -0.15) is 0 Å². The Labute approximate surface area is 108 Å². The second-order valence-electron chi connectivity index (χ2n) is 4.67. The summed E-state index contributed by atoms with van der Waals surface area (Å²) in [4.78, 5) is 16.5. The zero-order valence-corrected chi connectivity index (χ0v) is 11.0. The smallest absolute Gasteiger partial charge is 0.169 e. The summed E-state index contributed by atoms with van der Waals surface area (Å²) in [5.74, 6) is 0.129. The van der Waals surface area contributed by atoms with Crippen LogP contribution >= 0.6 is 0 Å². The second kappa shape index (κ2) is 5.13. The van der Waals surface area contributed by atoms with Gasteiger partial charge in [0.1, 0.15) is 0 Å². The van der Waals surface area contributed by atoms with Gasteiger partial charge in [-0.3, -0.25) is 9.78 Å². The molecule has 92 valence electrons. The number of rotatable bonds is 3. The summed E-state index contributed by atoms with van der Waals surface area (Å²) in [5, 5.41) is 0. The Kier molecular flexibility index (Phi) is 3.56. The van der Waals surface area contributed by atoms with Crippen molar-refractivity contribution in [1.82, 2.24) is 4.98 Å². The Hall–Kier alpha value is -1.96. The van der Waals surface area contributed by atoms with Crippen molar-refractivity contribution in [2.45, 2.75) is 27.2 Å². The molecule has 0 fully saturated rings. The minimum Gasteiger partial charge on any atom is -0.294 e. The van der Waals surface area contributed by atoms with E-state index in [-0.39, 0.29) is 5.78 Å². The normalized spacial score (nSPS) is 10.4. The highest BCUT2D eigenvalue weighted by Gasteiger charge is 2.10. The van der Waals surface area contributed by atoms with Crippen molar-refractivity contribution in [3.05, 3.63) is 64.5 Å². The molecule has 0 aliphatic carbocycles. The van der Waals surface area contributed by atoms with Gasteiger partial charge >= 0.3 is 0 Å². The Morgan fingerprint density at radius 2 is 1.67 bits per heavy atom. The van der Waals surface area contributed by atoms with Gasteiger partial charge in [-0.05, 0) is 38.5 Å². The molecule has 2 nitrogen and oxygen atoms in total. The molecule has 0 atom stereocenters. The van der Waals surface area contributed by atoms with Crippen LogP contribution in [0.5, 0.6) is 0 Å². The molecule has 18 heavy (non-hydrogen) atoms. The third kappa shape index (κ3) is 2.83. The summed E-state index contributed by atoms with van der Waals surface area (Å²) in [6.45, 7) is 5.86. The van der Waals surface area contributed by atoms with Gasteiger partial charge in [0.15, 0.2) is 5.78 Å². The van der Waals surface area contributed by atoms with Crippen LogP contribution in [0, 0.1) is 20.8 Å². The maximum atomic E-state index is 12.2. The molecule has 2 aromatic rings. The average molecular weight is 239 g/mol. The van der Waals surface area contributed by atoms with Crippen molar-refractivity contribution < 1.29 is 4.79 Å². The van der Waals surface area contributed by atoms with Crippen LogP contribution in [0.15, 0.2) is 36.4 Å². The van der Waals surface area contributed by atoms with E-state index in [9.17, 15) is 4.79 Å². The van der Waals surface area contributed by atoms with Gasteiger partial charge in [0, 0.05) is 23.4 Å². The largest absolute Gasteiger partial charge is 0.294 e. The lowest BCUT2D eigenvalue weighted by Crippen LogP contribution is -2.07. The van der Waals surface area contributed by atoms with E-state index >= 15 is 0 Å². The zero-order chi connectivity index (χ0) is 13.1. The number of carbonyl (C=O) groups is 1. The van der Waals surface area contributed by atoms with Crippen molar-refractivity contribution >= 4 is 5.78 Å². The van der Waals surface area contributed by atoms with E-state index in [1.807, 2.05) is 57.2 Å². The number of ketones is 1. The van der Waals surface area contributed by atoms with Gasteiger partial charge in [0.05, 0.1) is 0 Å². The number of aryl methyl sites for hydroxylation is 3. The van der Waals surface area contributed by atoms with Gasteiger partial charge in [-0.1, -0.05) is 29.8 Å². The number of nitrogens with zero attached hydrogens (tertiary/aromatic N) is 1. The van der Waals surface area contributed by atoms with Crippen molar-refractivity contribution in [3.8, 4) is 0 Å². The zero-order valence-electron chi connectivity index (χ0n) is 11.0. The van der Waals surface area contributed by atoms with Crippen LogP contribution < -0.4 is 0 Å². The third-order valence-corrected chi connectivity index (χ3v) is 3.01. The monoisotopic (exact) mass is 239 g/mol. The minimum atomic E-state index is 0.129. The number of pyridine rings is 1.